The molecule has 0 radical (unpaired) electrons. The van der Waals surface area contributed by atoms with E-state index in [0.717, 1.165) is 12.1 Å². The van der Waals surface area contributed by atoms with Crippen LogP contribution < -0.4 is 10.1 Å². The molecule has 4 nitrogen and oxygen atoms in total. The summed E-state index contributed by atoms with van der Waals surface area (Å²) in [5.74, 6) is -0.484. The van der Waals surface area contributed by atoms with Crippen molar-refractivity contribution < 1.29 is 26.7 Å². The number of nitrogens with zero attached hydrogens (tertiary/aromatic N) is 2. The van der Waals surface area contributed by atoms with E-state index in [0.29, 0.717) is 16.0 Å². The van der Waals surface area contributed by atoms with Crippen molar-refractivity contribution in [2.24, 2.45) is 0 Å². The molecule has 0 amide bonds. The summed E-state index contributed by atoms with van der Waals surface area (Å²) in [7, 11) is 0. The van der Waals surface area contributed by atoms with Crippen LogP contribution in [0.3, 0.4) is 0 Å². The maximum absolute atomic E-state index is 12.8. The Bertz CT molecular complexity index is 722. The van der Waals surface area contributed by atoms with Crippen LogP contribution in [-0.2, 0) is 0 Å². The van der Waals surface area contributed by atoms with E-state index in [9.17, 15) is 22.0 Å². The number of nitrogens with one attached hydrogen (secondary N) is 1. The van der Waals surface area contributed by atoms with Gasteiger partial charge in [0.1, 0.15) is 15.6 Å². The summed E-state index contributed by atoms with van der Waals surface area (Å²) in [6, 6.07) is 3.41. The van der Waals surface area contributed by atoms with Crippen LogP contribution in [0, 0.1) is 0 Å². The molecule has 1 N–H and O–H groups in total. The number of ether oxygens (including phenoxy) is 1. The van der Waals surface area contributed by atoms with E-state index in [-0.39, 0.29) is 15.6 Å². The molecule has 0 fully saturated rings. The normalized spacial score (nSPS) is 11.6. The predicted molar refractivity (Wildman–Crippen MR) is 81.0 cm³/mol. The highest BCUT2D eigenvalue weighted by Gasteiger charge is 2.31. The second kappa shape index (κ2) is 7.01. The summed E-state index contributed by atoms with van der Waals surface area (Å²) < 4.78 is 69.7. The number of rotatable bonds is 4. The van der Waals surface area contributed by atoms with E-state index < -0.39 is 24.2 Å². The van der Waals surface area contributed by atoms with Gasteiger partial charge in [-0.15, -0.1) is 18.3 Å². The lowest BCUT2D eigenvalue weighted by Crippen LogP contribution is -2.17. The van der Waals surface area contributed by atoms with Gasteiger partial charge in [0.05, 0.1) is 5.69 Å². The monoisotopic (exact) mass is 433 g/mol. The lowest BCUT2D eigenvalue weighted by molar-refractivity contribution is -0.274. The van der Waals surface area contributed by atoms with Gasteiger partial charge in [-0.1, -0.05) is 16.7 Å². The van der Waals surface area contributed by atoms with Crippen molar-refractivity contribution in [3.63, 3.8) is 0 Å². The molecular formula is C11H5BrF5N3OS2. The van der Waals surface area contributed by atoms with Gasteiger partial charge in [0, 0.05) is 10.5 Å². The van der Waals surface area contributed by atoms with E-state index in [1.165, 1.54) is 6.07 Å². The number of hydrogen-bond donors (Lipinski definition) is 1. The quantitative estimate of drug-likeness (QED) is 0.547. The van der Waals surface area contributed by atoms with E-state index in [2.05, 4.69) is 35.6 Å². The molecule has 0 saturated carbocycles. The van der Waals surface area contributed by atoms with Gasteiger partial charge < -0.3 is 10.1 Å². The molecule has 0 spiro atoms. The third-order valence-electron chi connectivity index (χ3n) is 2.35. The van der Waals surface area contributed by atoms with Crippen LogP contribution in [-0.4, -0.2) is 20.9 Å². The predicted octanol–water partition coefficient (Wildman–Crippen LogP) is 4.92. The van der Waals surface area contributed by atoms with E-state index in [1.807, 2.05) is 0 Å². The third kappa shape index (κ3) is 4.78. The average molecular weight is 434 g/mol. The third-order valence-corrected chi connectivity index (χ3v) is 4.23. The summed E-state index contributed by atoms with van der Waals surface area (Å²) in [6.07, 6.45) is -7.72. The summed E-state index contributed by atoms with van der Waals surface area (Å²) >= 11 is 8.75. The standard InChI is InChI=1S/C11H5BrF5N3OS2/c12-5-2-1-4(21-11(15,16)17)3-6(5)18-10(22)8-7(9(13)14)19-20-23-8/h1-3,9H,(H,18,22). The first kappa shape index (κ1) is 17.9. The number of benzene rings is 1. The highest BCUT2D eigenvalue weighted by molar-refractivity contribution is 9.10. The molecule has 1 aromatic heterocycles. The van der Waals surface area contributed by atoms with E-state index >= 15 is 0 Å². The molecule has 12 heteroatoms. The molecule has 0 unspecified atom stereocenters. The smallest absolute Gasteiger partial charge is 0.406 e. The molecule has 1 heterocycles. The molecule has 2 rings (SSSR count). The van der Waals surface area contributed by atoms with Crippen molar-refractivity contribution >= 4 is 50.4 Å². The molecule has 0 aliphatic rings. The van der Waals surface area contributed by atoms with Crippen LogP contribution >= 0.6 is 39.7 Å². The van der Waals surface area contributed by atoms with Gasteiger partial charge in [-0.25, -0.2) is 8.78 Å². The minimum atomic E-state index is -4.85. The fraction of sp³-hybridized carbons (Fsp3) is 0.182. The number of thiocarbonyl (C=S) groups is 1. The SMILES string of the molecule is FC(F)c1nnsc1C(=S)Nc1cc(OC(F)(F)F)ccc1Br. The number of aromatic nitrogens is 2. The lowest BCUT2D eigenvalue weighted by Gasteiger charge is -2.13. The second-order valence-corrected chi connectivity index (χ2v) is 5.95. The molecule has 1 aromatic carbocycles. The van der Waals surface area contributed by atoms with Crippen molar-refractivity contribution in [3.8, 4) is 5.75 Å². The van der Waals surface area contributed by atoms with Crippen LogP contribution in [0.5, 0.6) is 5.75 Å². The summed E-state index contributed by atoms with van der Waals surface area (Å²) in [6.45, 7) is 0. The fourth-order valence-corrected chi connectivity index (χ4v) is 2.71. The first-order chi connectivity index (χ1) is 10.7. The Morgan fingerprint density at radius 3 is 2.65 bits per heavy atom. The molecule has 23 heavy (non-hydrogen) atoms. The van der Waals surface area contributed by atoms with Crippen molar-refractivity contribution in [2.75, 3.05) is 5.32 Å². The minimum absolute atomic E-state index is 0.0657. The molecule has 2 aromatic rings. The minimum Gasteiger partial charge on any atom is -0.406 e. The largest absolute Gasteiger partial charge is 0.573 e. The second-order valence-electron chi connectivity index (χ2n) is 3.93. The Morgan fingerprint density at radius 1 is 1.35 bits per heavy atom. The van der Waals surface area contributed by atoms with Gasteiger partial charge in [0.2, 0.25) is 0 Å². The van der Waals surface area contributed by atoms with Crippen molar-refractivity contribution in [1.82, 2.24) is 9.59 Å². The molecule has 0 aliphatic carbocycles. The Kier molecular flexibility index (Phi) is 5.47. The van der Waals surface area contributed by atoms with Gasteiger partial charge in [-0.3, -0.25) is 0 Å². The van der Waals surface area contributed by atoms with Gasteiger partial charge in [0.15, 0.2) is 5.69 Å². The zero-order valence-electron chi connectivity index (χ0n) is 10.7. The zero-order valence-corrected chi connectivity index (χ0v) is 13.9. The Labute approximate surface area is 143 Å². The maximum atomic E-state index is 12.8. The highest BCUT2D eigenvalue weighted by atomic mass is 79.9. The fourth-order valence-electron chi connectivity index (χ4n) is 1.47. The molecule has 0 aliphatic heterocycles. The van der Waals surface area contributed by atoms with Gasteiger partial charge >= 0.3 is 6.36 Å². The van der Waals surface area contributed by atoms with E-state index in [1.54, 1.807) is 0 Å². The topological polar surface area (TPSA) is 47.0 Å². The molecule has 0 atom stereocenters. The number of halogens is 6. The molecule has 0 saturated heterocycles. The van der Waals surface area contributed by atoms with Crippen LogP contribution in [0.25, 0.3) is 0 Å². The number of anilines is 1. The first-order valence-electron chi connectivity index (χ1n) is 5.64. The lowest BCUT2D eigenvalue weighted by atomic mass is 10.3. The highest BCUT2D eigenvalue weighted by Crippen LogP contribution is 2.32. The first-order valence-corrected chi connectivity index (χ1v) is 7.62. The Morgan fingerprint density at radius 2 is 2.04 bits per heavy atom. The van der Waals surface area contributed by atoms with Crippen LogP contribution in [0.1, 0.15) is 17.0 Å². The van der Waals surface area contributed by atoms with Crippen LogP contribution in [0.15, 0.2) is 22.7 Å². The Balaban J connectivity index is 2.23. The molecular weight excluding hydrogens is 429 g/mol. The number of hydrogen-bond acceptors (Lipinski definition) is 5. The summed E-state index contributed by atoms with van der Waals surface area (Å²) in [5, 5.41) is 5.84. The summed E-state index contributed by atoms with van der Waals surface area (Å²) in [4.78, 5) is -0.204. The van der Waals surface area contributed by atoms with Crippen molar-refractivity contribution in [2.45, 2.75) is 12.8 Å². The molecule has 124 valence electrons. The number of alkyl halides is 5. The molecule has 0 bridgehead atoms. The maximum Gasteiger partial charge on any atom is 0.573 e. The van der Waals surface area contributed by atoms with Crippen LogP contribution in [0.4, 0.5) is 27.6 Å². The van der Waals surface area contributed by atoms with Crippen molar-refractivity contribution in [3.05, 3.63) is 33.2 Å². The van der Waals surface area contributed by atoms with Gasteiger partial charge in [-0.05, 0) is 39.6 Å². The van der Waals surface area contributed by atoms with Gasteiger partial charge in [-0.2, -0.15) is 0 Å². The van der Waals surface area contributed by atoms with Gasteiger partial charge in [0.25, 0.3) is 6.43 Å². The van der Waals surface area contributed by atoms with Crippen molar-refractivity contribution in [1.29, 1.82) is 0 Å². The Hall–Kier alpha value is -1.40. The zero-order chi connectivity index (χ0) is 17.2. The summed E-state index contributed by atoms with van der Waals surface area (Å²) in [5.41, 5.74) is -0.475. The van der Waals surface area contributed by atoms with E-state index in [4.69, 9.17) is 12.2 Å². The average Bonchev–Trinajstić information content (AvgIpc) is 2.90. The van der Waals surface area contributed by atoms with Crippen LogP contribution in [0.2, 0.25) is 0 Å².